The number of anilines is 2. The first-order valence-corrected chi connectivity index (χ1v) is 10.5. The average Bonchev–Trinajstić information content (AvgIpc) is 2.63. The normalized spacial score (nSPS) is 37.5. The highest BCUT2D eigenvalue weighted by molar-refractivity contribution is 5.96. The van der Waals surface area contributed by atoms with Crippen LogP contribution in [-0.4, -0.2) is 11.4 Å². The van der Waals surface area contributed by atoms with Crippen molar-refractivity contribution in [1.29, 1.82) is 0 Å². The number of allylic oxidation sites excluding steroid dienone is 2. The lowest BCUT2D eigenvalue weighted by Gasteiger charge is -2.57. The Morgan fingerprint density at radius 1 is 0.923 bits per heavy atom. The van der Waals surface area contributed by atoms with Crippen LogP contribution in [0.5, 0.6) is 0 Å². The molecule has 4 bridgehead atoms. The van der Waals surface area contributed by atoms with E-state index in [4.69, 9.17) is 0 Å². The van der Waals surface area contributed by atoms with Gasteiger partial charge in [0.25, 0.3) is 0 Å². The molecular formula is C23H30N2O. The summed E-state index contributed by atoms with van der Waals surface area (Å²) in [7, 11) is 0. The SMILES string of the molecule is O=C(Nc1ccccc1NC12CC3CC(CC(C3)C1)C2)[C@@H]1CC=CCC1. The second-order valence-corrected chi connectivity index (χ2v) is 9.34. The standard InChI is InChI=1S/C23H30N2O/c26-22(19-6-2-1-3-7-19)24-20-8-4-5-9-21(20)25-23-13-16-10-17(14-23)12-18(11-16)15-23/h1-2,4-5,8-9,16-19,25H,3,6-7,10-15H2,(H,24,26)/t16?,17?,18?,19-,23?/m1/s1. The molecule has 1 aromatic carbocycles. The molecule has 1 aromatic rings. The summed E-state index contributed by atoms with van der Waals surface area (Å²) in [5.41, 5.74) is 2.35. The summed E-state index contributed by atoms with van der Waals surface area (Å²) in [5.74, 6) is 3.06. The molecule has 0 saturated heterocycles. The molecule has 5 aliphatic rings. The van der Waals surface area contributed by atoms with Gasteiger partial charge in [0, 0.05) is 11.5 Å². The minimum absolute atomic E-state index is 0.118. The van der Waals surface area contributed by atoms with E-state index in [2.05, 4.69) is 41.0 Å². The molecule has 1 atom stereocenters. The molecule has 4 fully saturated rings. The molecule has 6 rings (SSSR count). The Labute approximate surface area is 156 Å². The van der Waals surface area contributed by atoms with Crippen molar-refractivity contribution in [1.82, 2.24) is 0 Å². The van der Waals surface area contributed by atoms with Crippen LogP contribution >= 0.6 is 0 Å². The van der Waals surface area contributed by atoms with Gasteiger partial charge in [0.2, 0.25) is 5.91 Å². The highest BCUT2D eigenvalue weighted by Crippen LogP contribution is 2.56. The number of amides is 1. The van der Waals surface area contributed by atoms with Crippen LogP contribution in [0.2, 0.25) is 0 Å². The fraction of sp³-hybridized carbons (Fsp3) is 0.609. The van der Waals surface area contributed by atoms with Gasteiger partial charge in [0.15, 0.2) is 0 Å². The number of para-hydroxylation sites is 2. The van der Waals surface area contributed by atoms with Gasteiger partial charge in [-0.15, -0.1) is 0 Å². The first-order valence-electron chi connectivity index (χ1n) is 10.5. The smallest absolute Gasteiger partial charge is 0.227 e. The highest BCUT2D eigenvalue weighted by Gasteiger charge is 2.51. The molecule has 3 heteroatoms. The summed E-state index contributed by atoms with van der Waals surface area (Å²) in [6.07, 6.45) is 15.5. The molecule has 0 aliphatic heterocycles. The summed E-state index contributed by atoms with van der Waals surface area (Å²) in [5, 5.41) is 7.16. The van der Waals surface area contributed by atoms with Gasteiger partial charge in [0.05, 0.1) is 11.4 Å². The number of carbonyl (C=O) groups is 1. The van der Waals surface area contributed by atoms with Crippen LogP contribution in [0.4, 0.5) is 11.4 Å². The van der Waals surface area contributed by atoms with Gasteiger partial charge in [-0.2, -0.15) is 0 Å². The van der Waals surface area contributed by atoms with Crippen molar-refractivity contribution < 1.29 is 4.79 Å². The van der Waals surface area contributed by atoms with Crippen LogP contribution in [-0.2, 0) is 4.79 Å². The van der Waals surface area contributed by atoms with Gasteiger partial charge in [-0.25, -0.2) is 0 Å². The Hall–Kier alpha value is -1.77. The van der Waals surface area contributed by atoms with E-state index in [1.807, 2.05) is 6.07 Å². The predicted octanol–water partition coefficient (Wildman–Crippen LogP) is 5.36. The van der Waals surface area contributed by atoms with E-state index in [9.17, 15) is 4.79 Å². The van der Waals surface area contributed by atoms with Crippen molar-refractivity contribution in [2.75, 3.05) is 10.6 Å². The van der Waals surface area contributed by atoms with E-state index in [1.165, 1.54) is 38.5 Å². The highest BCUT2D eigenvalue weighted by atomic mass is 16.1. The minimum atomic E-state index is 0.118. The zero-order chi connectivity index (χ0) is 17.6. The van der Waals surface area contributed by atoms with Crippen molar-refractivity contribution in [2.45, 2.75) is 63.3 Å². The molecule has 138 valence electrons. The summed E-state index contributed by atoms with van der Waals surface area (Å²) < 4.78 is 0. The number of carbonyl (C=O) groups excluding carboxylic acids is 1. The van der Waals surface area contributed by atoms with Gasteiger partial charge >= 0.3 is 0 Å². The van der Waals surface area contributed by atoms with Gasteiger partial charge in [0.1, 0.15) is 0 Å². The second-order valence-electron chi connectivity index (χ2n) is 9.34. The van der Waals surface area contributed by atoms with Crippen molar-refractivity contribution >= 4 is 17.3 Å². The van der Waals surface area contributed by atoms with Crippen LogP contribution in [0.15, 0.2) is 36.4 Å². The van der Waals surface area contributed by atoms with Crippen LogP contribution in [0.1, 0.15) is 57.8 Å². The summed E-state index contributed by atoms with van der Waals surface area (Å²) in [6, 6.07) is 8.32. The molecule has 3 nitrogen and oxygen atoms in total. The number of rotatable bonds is 4. The topological polar surface area (TPSA) is 41.1 Å². The fourth-order valence-corrected chi connectivity index (χ4v) is 6.52. The molecule has 5 aliphatic carbocycles. The molecule has 0 spiro atoms. The fourth-order valence-electron chi connectivity index (χ4n) is 6.52. The van der Waals surface area contributed by atoms with E-state index in [1.54, 1.807) is 0 Å². The first kappa shape index (κ1) is 16.4. The molecule has 1 amide bonds. The van der Waals surface area contributed by atoms with E-state index in [0.717, 1.165) is 48.4 Å². The first-order chi connectivity index (χ1) is 12.7. The van der Waals surface area contributed by atoms with Crippen LogP contribution in [0.25, 0.3) is 0 Å². The maximum Gasteiger partial charge on any atom is 0.227 e. The lowest BCUT2D eigenvalue weighted by atomic mass is 9.53. The zero-order valence-corrected chi connectivity index (χ0v) is 15.5. The monoisotopic (exact) mass is 350 g/mol. The maximum absolute atomic E-state index is 12.7. The Balaban J connectivity index is 1.34. The van der Waals surface area contributed by atoms with E-state index >= 15 is 0 Å². The van der Waals surface area contributed by atoms with E-state index < -0.39 is 0 Å². The Morgan fingerprint density at radius 2 is 1.58 bits per heavy atom. The molecule has 2 N–H and O–H groups in total. The second kappa shape index (κ2) is 6.44. The van der Waals surface area contributed by atoms with Crippen molar-refractivity contribution in [3.8, 4) is 0 Å². The lowest BCUT2D eigenvalue weighted by molar-refractivity contribution is -0.120. The molecular weight excluding hydrogens is 320 g/mol. The Morgan fingerprint density at radius 3 is 2.19 bits per heavy atom. The summed E-state index contributed by atoms with van der Waals surface area (Å²) in [4.78, 5) is 12.7. The summed E-state index contributed by atoms with van der Waals surface area (Å²) >= 11 is 0. The molecule has 0 unspecified atom stereocenters. The Kier molecular flexibility index (Phi) is 4.06. The third kappa shape index (κ3) is 3.06. The van der Waals surface area contributed by atoms with Gasteiger partial charge in [-0.1, -0.05) is 24.3 Å². The molecule has 0 radical (unpaired) electrons. The van der Waals surface area contributed by atoms with Crippen molar-refractivity contribution in [3.05, 3.63) is 36.4 Å². The zero-order valence-electron chi connectivity index (χ0n) is 15.5. The van der Waals surface area contributed by atoms with Crippen molar-refractivity contribution in [2.24, 2.45) is 23.7 Å². The van der Waals surface area contributed by atoms with E-state index in [0.29, 0.717) is 0 Å². The number of hydrogen-bond donors (Lipinski definition) is 2. The summed E-state index contributed by atoms with van der Waals surface area (Å²) in [6.45, 7) is 0. The third-order valence-electron chi connectivity index (χ3n) is 7.26. The van der Waals surface area contributed by atoms with Gasteiger partial charge < -0.3 is 10.6 Å². The van der Waals surface area contributed by atoms with Gasteiger partial charge in [-0.05, 0) is 87.7 Å². The van der Waals surface area contributed by atoms with Gasteiger partial charge in [-0.3, -0.25) is 4.79 Å². The molecule has 0 heterocycles. The molecule has 0 aromatic heterocycles. The quantitative estimate of drug-likeness (QED) is 0.718. The van der Waals surface area contributed by atoms with Crippen LogP contribution in [0, 0.1) is 23.7 Å². The van der Waals surface area contributed by atoms with E-state index in [-0.39, 0.29) is 17.4 Å². The maximum atomic E-state index is 12.7. The van der Waals surface area contributed by atoms with Crippen LogP contribution in [0.3, 0.4) is 0 Å². The van der Waals surface area contributed by atoms with Crippen LogP contribution < -0.4 is 10.6 Å². The Bertz CT molecular complexity index is 687. The minimum Gasteiger partial charge on any atom is -0.378 e. The number of benzene rings is 1. The number of hydrogen-bond acceptors (Lipinski definition) is 2. The number of nitrogens with one attached hydrogen (secondary N) is 2. The third-order valence-corrected chi connectivity index (χ3v) is 7.26. The lowest BCUT2D eigenvalue weighted by Crippen LogP contribution is -2.54. The molecule has 4 saturated carbocycles. The molecule has 26 heavy (non-hydrogen) atoms. The van der Waals surface area contributed by atoms with Crippen molar-refractivity contribution in [3.63, 3.8) is 0 Å². The largest absolute Gasteiger partial charge is 0.378 e. The predicted molar refractivity (Wildman–Crippen MR) is 106 cm³/mol. The average molecular weight is 351 g/mol.